The third-order valence-electron chi connectivity index (χ3n) is 3.41. The third kappa shape index (κ3) is 3.66. The summed E-state index contributed by atoms with van der Waals surface area (Å²) >= 11 is 0. The highest BCUT2D eigenvalue weighted by molar-refractivity contribution is 7.87. The molecule has 0 spiro atoms. The van der Waals surface area contributed by atoms with Crippen LogP contribution in [-0.4, -0.2) is 45.1 Å². The Labute approximate surface area is 130 Å². The van der Waals surface area contributed by atoms with Crippen LogP contribution < -0.4 is 0 Å². The van der Waals surface area contributed by atoms with Crippen LogP contribution >= 0.6 is 0 Å². The van der Waals surface area contributed by atoms with Crippen molar-refractivity contribution in [1.82, 2.24) is 0 Å². The molecule has 6 nitrogen and oxygen atoms in total. The number of hydrogen-bond acceptors (Lipinski definition) is 6. The molecule has 1 aromatic carbocycles. The third-order valence-corrected chi connectivity index (χ3v) is 4.48. The lowest BCUT2D eigenvalue weighted by Gasteiger charge is -2.25. The number of fused-ring (bicyclic) bond motifs is 1. The molecule has 0 bridgehead atoms. The van der Waals surface area contributed by atoms with Crippen molar-refractivity contribution in [1.29, 1.82) is 0 Å². The molecule has 3 rings (SSSR count). The Morgan fingerprint density at radius 3 is 2.52 bits per heavy atom. The maximum Gasteiger partial charge on any atom is 0.523 e. The second-order valence-electron chi connectivity index (χ2n) is 5.10. The summed E-state index contributed by atoms with van der Waals surface area (Å²) in [5.41, 5.74) is -4.58. The largest absolute Gasteiger partial charge is 0.523 e. The van der Waals surface area contributed by atoms with E-state index < -0.39 is 40.2 Å². The smallest absolute Gasteiger partial charge is 0.361 e. The zero-order valence-electron chi connectivity index (χ0n) is 11.6. The van der Waals surface area contributed by atoms with Gasteiger partial charge >= 0.3 is 15.6 Å². The molecule has 0 saturated carbocycles. The predicted octanol–water partition coefficient (Wildman–Crippen LogP) is 1.56. The van der Waals surface area contributed by atoms with Gasteiger partial charge in [0.2, 0.25) is 0 Å². The molecular formula is C13H13F3O6S. The first-order valence-corrected chi connectivity index (χ1v) is 8.11. The molecule has 10 heteroatoms. The van der Waals surface area contributed by atoms with Crippen molar-refractivity contribution in [2.75, 3.05) is 6.61 Å². The molecule has 2 fully saturated rings. The average Bonchev–Trinajstić information content (AvgIpc) is 3.27. The van der Waals surface area contributed by atoms with Gasteiger partial charge in [-0.25, -0.2) is 0 Å². The van der Waals surface area contributed by atoms with Crippen LogP contribution in [0.5, 0.6) is 0 Å². The molecule has 128 valence electrons. The molecule has 0 amide bonds. The molecule has 1 aromatic rings. The van der Waals surface area contributed by atoms with Gasteiger partial charge in [-0.1, -0.05) is 30.3 Å². The monoisotopic (exact) mass is 354 g/mol. The van der Waals surface area contributed by atoms with Crippen molar-refractivity contribution in [2.24, 2.45) is 0 Å². The highest BCUT2D eigenvalue weighted by Crippen LogP contribution is 2.39. The summed E-state index contributed by atoms with van der Waals surface area (Å²) in [6, 6.07) is 9.21. The molecule has 23 heavy (non-hydrogen) atoms. The van der Waals surface area contributed by atoms with Gasteiger partial charge in [0, 0.05) is 0 Å². The van der Waals surface area contributed by atoms with Gasteiger partial charge in [0.25, 0.3) is 0 Å². The van der Waals surface area contributed by atoms with E-state index in [2.05, 4.69) is 4.18 Å². The number of halogens is 3. The molecule has 0 aromatic heterocycles. The average molecular weight is 354 g/mol. The van der Waals surface area contributed by atoms with Gasteiger partial charge in [0.1, 0.15) is 18.3 Å². The summed E-state index contributed by atoms with van der Waals surface area (Å²) in [5.74, 6) is 0. The normalized spacial score (nSPS) is 30.7. The molecule has 2 saturated heterocycles. The van der Waals surface area contributed by atoms with E-state index in [1.54, 1.807) is 0 Å². The lowest BCUT2D eigenvalue weighted by molar-refractivity contribution is -0.180. The Kier molecular flexibility index (Phi) is 4.36. The molecule has 2 aliphatic heterocycles. The van der Waals surface area contributed by atoms with Crippen molar-refractivity contribution in [3.8, 4) is 0 Å². The summed E-state index contributed by atoms with van der Waals surface area (Å²) in [6.07, 6.45) is -3.53. The highest BCUT2D eigenvalue weighted by Gasteiger charge is 2.59. The summed E-state index contributed by atoms with van der Waals surface area (Å²) in [4.78, 5) is 0. The second kappa shape index (κ2) is 6.02. The minimum absolute atomic E-state index is 0.241. The Hall–Kier alpha value is -1.20. The highest BCUT2D eigenvalue weighted by atomic mass is 32.2. The molecule has 0 aliphatic carbocycles. The quantitative estimate of drug-likeness (QED) is 0.454. The van der Waals surface area contributed by atoms with Crippen molar-refractivity contribution in [3.05, 3.63) is 35.9 Å². The number of hydrogen-bond donors (Lipinski definition) is 0. The van der Waals surface area contributed by atoms with Crippen molar-refractivity contribution in [2.45, 2.75) is 36.7 Å². The summed E-state index contributed by atoms with van der Waals surface area (Å²) < 4.78 is 78.9. The second-order valence-corrected chi connectivity index (χ2v) is 6.66. The molecule has 2 aliphatic rings. The van der Waals surface area contributed by atoms with Gasteiger partial charge in [0.15, 0.2) is 6.29 Å². The fourth-order valence-electron chi connectivity index (χ4n) is 2.23. The van der Waals surface area contributed by atoms with E-state index in [0.717, 1.165) is 5.56 Å². The van der Waals surface area contributed by atoms with Gasteiger partial charge < -0.3 is 14.2 Å². The van der Waals surface area contributed by atoms with E-state index in [1.807, 2.05) is 30.3 Å². The Bertz CT molecular complexity index is 647. The van der Waals surface area contributed by atoms with Crippen molar-refractivity contribution < 1.29 is 40.0 Å². The van der Waals surface area contributed by atoms with Crippen LogP contribution in [0.4, 0.5) is 13.2 Å². The van der Waals surface area contributed by atoms with Gasteiger partial charge in [-0.05, 0) is 5.56 Å². The van der Waals surface area contributed by atoms with Gasteiger partial charge in [-0.2, -0.15) is 21.6 Å². The van der Waals surface area contributed by atoms with E-state index in [9.17, 15) is 21.6 Å². The van der Waals surface area contributed by atoms with Crippen LogP contribution in [0, 0.1) is 0 Å². The van der Waals surface area contributed by atoms with E-state index in [4.69, 9.17) is 14.2 Å². The standard InChI is InChI=1S/C13H13F3O6S/c14-13(15,16)23(17,18)22-9-7-20-12(11-10(9)21-11)19-6-8-4-2-1-3-5-8/h1-5,9-12H,6-7H2/t9-,10+,11+,12+/m1/s1. The van der Waals surface area contributed by atoms with Gasteiger partial charge in [-0.3, -0.25) is 4.18 Å². The number of ether oxygens (including phenoxy) is 3. The van der Waals surface area contributed by atoms with Crippen LogP contribution in [0.15, 0.2) is 30.3 Å². The summed E-state index contributed by atoms with van der Waals surface area (Å²) in [5, 5.41) is 0. The molecular weight excluding hydrogens is 341 g/mol. The van der Waals surface area contributed by atoms with E-state index in [-0.39, 0.29) is 13.2 Å². The van der Waals surface area contributed by atoms with Crippen LogP contribution in [-0.2, 0) is 35.1 Å². The van der Waals surface area contributed by atoms with Crippen LogP contribution in [0.3, 0.4) is 0 Å². The topological polar surface area (TPSA) is 74.4 Å². The zero-order chi connectivity index (χ0) is 16.7. The van der Waals surface area contributed by atoms with Crippen LogP contribution in [0.1, 0.15) is 5.56 Å². The number of epoxide rings is 1. The Morgan fingerprint density at radius 1 is 1.17 bits per heavy atom. The maximum absolute atomic E-state index is 12.3. The Morgan fingerprint density at radius 2 is 1.87 bits per heavy atom. The Balaban J connectivity index is 1.53. The first-order valence-electron chi connectivity index (χ1n) is 6.70. The first-order chi connectivity index (χ1) is 10.8. The summed E-state index contributed by atoms with van der Waals surface area (Å²) in [6.45, 7) is -0.125. The molecule has 2 heterocycles. The van der Waals surface area contributed by atoms with E-state index >= 15 is 0 Å². The minimum atomic E-state index is -5.68. The number of benzene rings is 1. The molecule has 4 atom stereocenters. The fraction of sp³-hybridized carbons (Fsp3) is 0.538. The maximum atomic E-state index is 12.3. The zero-order valence-corrected chi connectivity index (χ0v) is 12.4. The number of alkyl halides is 3. The number of rotatable bonds is 5. The predicted molar refractivity (Wildman–Crippen MR) is 69.5 cm³/mol. The van der Waals surface area contributed by atoms with Crippen LogP contribution in [0.25, 0.3) is 0 Å². The molecule has 0 unspecified atom stereocenters. The molecule has 0 N–H and O–H groups in total. The van der Waals surface area contributed by atoms with E-state index in [0.29, 0.717) is 0 Å². The minimum Gasteiger partial charge on any atom is -0.361 e. The lowest BCUT2D eigenvalue weighted by atomic mass is 10.1. The van der Waals surface area contributed by atoms with Crippen LogP contribution in [0.2, 0.25) is 0 Å². The van der Waals surface area contributed by atoms with Crippen molar-refractivity contribution in [3.63, 3.8) is 0 Å². The lowest BCUT2D eigenvalue weighted by Crippen LogP contribution is -2.43. The van der Waals surface area contributed by atoms with Gasteiger partial charge in [0.05, 0.1) is 13.2 Å². The first kappa shape index (κ1) is 16.7. The molecule has 0 radical (unpaired) electrons. The van der Waals surface area contributed by atoms with E-state index in [1.165, 1.54) is 0 Å². The van der Waals surface area contributed by atoms with Crippen molar-refractivity contribution >= 4 is 10.1 Å². The summed E-state index contributed by atoms with van der Waals surface area (Å²) in [7, 11) is -5.68. The van der Waals surface area contributed by atoms with Gasteiger partial charge in [-0.15, -0.1) is 0 Å². The SMILES string of the molecule is O=S(=O)(O[C@@H]1CO[C@H](OCc2ccccc2)[C@H]2O[C@H]21)C(F)(F)F. The fourth-order valence-corrected chi connectivity index (χ4v) is 2.83.